The number of alkyl halides is 3. The van der Waals surface area contributed by atoms with Gasteiger partial charge < -0.3 is 11.1 Å². The van der Waals surface area contributed by atoms with Crippen LogP contribution in [0.25, 0.3) is 0 Å². The molecule has 1 aliphatic carbocycles. The second-order valence-corrected chi connectivity index (χ2v) is 5.11. The van der Waals surface area contributed by atoms with Crippen LogP contribution in [0.3, 0.4) is 0 Å². The van der Waals surface area contributed by atoms with Crippen LogP contribution in [0.1, 0.15) is 12.8 Å². The van der Waals surface area contributed by atoms with E-state index in [1.165, 1.54) is 0 Å². The predicted molar refractivity (Wildman–Crippen MR) is 65.2 cm³/mol. The zero-order valence-corrected chi connectivity index (χ0v) is 10.4. The van der Waals surface area contributed by atoms with Crippen LogP contribution in [0.4, 0.5) is 24.5 Å². The quantitative estimate of drug-likeness (QED) is 0.639. The lowest BCUT2D eigenvalue weighted by Gasteiger charge is -2.22. The van der Waals surface area contributed by atoms with Crippen molar-refractivity contribution >= 4 is 34.0 Å². The molecule has 1 aromatic carbocycles. The lowest BCUT2D eigenvalue weighted by atomic mass is 10.2. The lowest BCUT2D eigenvalue weighted by Crippen LogP contribution is -2.38. The molecule has 0 atom stereocenters. The van der Waals surface area contributed by atoms with Crippen LogP contribution >= 0.6 is 22.6 Å². The van der Waals surface area contributed by atoms with E-state index in [0.29, 0.717) is 14.9 Å². The highest BCUT2D eigenvalue weighted by Crippen LogP contribution is 2.51. The summed E-state index contributed by atoms with van der Waals surface area (Å²) in [5, 5.41) is 2.58. The number of hydrogen-bond acceptors (Lipinski definition) is 2. The van der Waals surface area contributed by atoms with Crippen LogP contribution < -0.4 is 11.1 Å². The molecule has 1 aliphatic rings. The molecule has 0 aliphatic heterocycles. The molecular weight excluding hydrogens is 332 g/mol. The Balaban J connectivity index is 2.22. The second-order valence-electron chi connectivity index (χ2n) is 3.94. The van der Waals surface area contributed by atoms with Gasteiger partial charge >= 0.3 is 6.18 Å². The van der Waals surface area contributed by atoms with Crippen molar-refractivity contribution in [2.75, 3.05) is 11.1 Å². The Bertz CT molecular complexity index is 413. The van der Waals surface area contributed by atoms with Crippen LogP contribution in [0.5, 0.6) is 0 Å². The average Bonchev–Trinajstić information content (AvgIpc) is 2.90. The number of nitrogen functional groups attached to an aromatic ring is 1. The minimum absolute atomic E-state index is 0.136. The van der Waals surface area contributed by atoms with E-state index in [0.717, 1.165) is 0 Å². The Morgan fingerprint density at radius 2 is 1.94 bits per heavy atom. The maximum absolute atomic E-state index is 12.7. The minimum atomic E-state index is -4.20. The topological polar surface area (TPSA) is 38.0 Å². The molecule has 6 heteroatoms. The first kappa shape index (κ1) is 11.8. The van der Waals surface area contributed by atoms with Crippen molar-refractivity contribution < 1.29 is 13.2 Å². The Morgan fingerprint density at radius 3 is 2.38 bits per heavy atom. The molecule has 0 heterocycles. The van der Waals surface area contributed by atoms with Gasteiger partial charge in [0.2, 0.25) is 0 Å². The summed E-state index contributed by atoms with van der Waals surface area (Å²) < 4.78 is 38.8. The molecule has 1 fully saturated rings. The fourth-order valence-electron chi connectivity index (χ4n) is 1.49. The zero-order chi connectivity index (χ0) is 12.0. The van der Waals surface area contributed by atoms with E-state index in [4.69, 9.17) is 5.73 Å². The zero-order valence-electron chi connectivity index (χ0n) is 8.24. The molecule has 2 rings (SSSR count). The number of nitrogens with two attached hydrogens (primary N) is 1. The second kappa shape index (κ2) is 3.68. The molecule has 1 saturated carbocycles. The van der Waals surface area contributed by atoms with Gasteiger partial charge in [-0.25, -0.2) is 0 Å². The maximum atomic E-state index is 12.7. The summed E-state index contributed by atoms with van der Waals surface area (Å²) in [4.78, 5) is 0. The normalized spacial score (nSPS) is 18.2. The van der Waals surface area contributed by atoms with Gasteiger partial charge in [-0.3, -0.25) is 0 Å². The Labute approximate surface area is 105 Å². The highest BCUT2D eigenvalue weighted by Gasteiger charge is 2.63. The van der Waals surface area contributed by atoms with Gasteiger partial charge in [-0.2, -0.15) is 13.2 Å². The van der Waals surface area contributed by atoms with Gasteiger partial charge in [-0.1, -0.05) is 0 Å². The molecule has 88 valence electrons. The Kier molecular flexibility index (Phi) is 2.72. The number of nitrogens with one attached hydrogen (secondary N) is 1. The highest BCUT2D eigenvalue weighted by molar-refractivity contribution is 14.1. The van der Waals surface area contributed by atoms with Gasteiger partial charge in [0.15, 0.2) is 0 Å². The van der Waals surface area contributed by atoms with Crippen LogP contribution in [-0.4, -0.2) is 11.7 Å². The number of halogens is 4. The molecule has 0 amide bonds. The fraction of sp³-hybridized carbons (Fsp3) is 0.400. The van der Waals surface area contributed by atoms with Gasteiger partial charge in [0.05, 0.1) is 0 Å². The Hall–Kier alpha value is -0.660. The van der Waals surface area contributed by atoms with E-state index in [9.17, 15) is 13.2 Å². The van der Waals surface area contributed by atoms with Crippen molar-refractivity contribution in [2.45, 2.75) is 24.6 Å². The predicted octanol–water partition coefficient (Wildman–Crippen LogP) is 3.38. The first-order chi connectivity index (χ1) is 7.34. The van der Waals surface area contributed by atoms with Gasteiger partial charge in [0.1, 0.15) is 5.54 Å². The van der Waals surface area contributed by atoms with Gasteiger partial charge in [-0.05, 0) is 53.6 Å². The van der Waals surface area contributed by atoms with Crippen molar-refractivity contribution in [3.05, 3.63) is 21.8 Å². The molecule has 0 unspecified atom stereocenters. The third kappa shape index (κ3) is 2.07. The summed E-state index contributed by atoms with van der Waals surface area (Å²) in [6.45, 7) is 0. The fourth-order valence-corrected chi connectivity index (χ4v) is 2.17. The van der Waals surface area contributed by atoms with E-state index in [1.54, 1.807) is 18.2 Å². The number of benzene rings is 1. The lowest BCUT2D eigenvalue weighted by molar-refractivity contribution is -0.151. The smallest absolute Gasteiger partial charge is 0.399 e. The first-order valence-corrected chi connectivity index (χ1v) is 5.82. The van der Waals surface area contributed by atoms with Crippen LogP contribution in [0, 0.1) is 3.57 Å². The number of rotatable bonds is 2. The summed E-state index contributed by atoms with van der Waals surface area (Å²) in [6, 6.07) is 4.83. The van der Waals surface area contributed by atoms with Gasteiger partial charge in [0.25, 0.3) is 0 Å². The highest BCUT2D eigenvalue weighted by atomic mass is 127. The molecule has 1 aromatic rings. The van der Waals surface area contributed by atoms with Gasteiger partial charge in [-0.15, -0.1) is 0 Å². The Morgan fingerprint density at radius 1 is 1.31 bits per heavy atom. The third-order valence-corrected chi connectivity index (χ3v) is 3.55. The number of anilines is 2. The standard InChI is InChI=1S/C10H10F3IN2/c11-10(12,13)9(3-4-9)16-8-2-1-6(15)5-7(8)14/h1-2,5,16H,3-4,15H2. The van der Waals surface area contributed by atoms with E-state index < -0.39 is 11.7 Å². The monoisotopic (exact) mass is 342 g/mol. The molecule has 2 nitrogen and oxygen atoms in total. The van der Waals surface area contributed by atoms with Crippen molar-refractivity contribution in [3.8, 4) is 0 Å². The van der Waals surface area contributed by atoms with Crippen LogP contribution in [0.15, 0.2) is 18.2 Å². The van der Waals surface area contributed by atoms with Crippen molar-refractivity contribution in [3.63, 3.8) is 0 Å². The molecule has 16 heavy (non-hydrogen) atoms. The largest absolute Gasteiger partial charge is 0.411 e. The third-order valence-electron chi connectivity index (χ3n) is 2.66. The van der Waals surface area contributed by atoms with E-state index in [1.807, 2.05) is 22.6 Å². The summed E-state index contributed by atoms with van der Waals surface area (Å²) in [5.74, 6) is 0. The van der Waals surface area contributed by atoms with E-state index in [-0.39, 0.29) is 12.8 Å². The molecule has 0 bridgehead atoms. The summed E-state index contributed by atoms with van der Waals surface area (Å²) in [5.41, 5.74) is 4.86. The van der Waals surface area contributed by atoms with E-state index in [2.05, 4.69) is 5.32 Å². The van der Waals surface area contributed by atoms with Crippen molar-refractivity contribution in [2.24, 2.45) is 0 Å². The molecule has 0 saturated heterocycles. The molecule has 0 spiro atoms. The average molecular weight is 342 g/mol. The summed E-state index contributed by atoms with van der Waals surface area (Å²) in [7, 11) is 0. The molecule has 3 N–H and O–H groups in total. The summed E-state index contributed by atoms with van der Waals surface area (Å²) in [6.07, 6.45) is -3.93. The molecule has 0 aromatic heterocycles. The number of hydrogen-bond donors (Lipinski definition) is 2. The van der Waals surface area contributed by atoms with Gasteiger partial charge in [0, 0.05) is 14.9 Å². The maximum Gasteiger partial charge on any atom is 0.411 e. The van der Waals surface area contributed by atoms with Crippen LogP contribution in [0.2, 0.25) is 0 Å². The molecule has 0 radical (unpaired) electrons. The first-order valence-electron chi connectivity index (χ1n) is 4.74. The van der Waals surface area contributed by atoms with E-state index >= 15 is 0 Å². The molecular formula is C10H10F3IN2. The minimum Gasteiger partial charge on any atom is -0.399 e. The van der Waals surface area contributed by atoms with Crippen LogP contribution in [-0.2, 0) is 0 Å². The van der Waals surface area contributed by atoms with Crippen molar-refractivity contribution in [1.82, 2.24) is 0 Å². The summed E-state index contributed by atoms with van der Waals surface area (Å²) >= 11 is 1.97. The van der Waals surface area contributed by atoms with Crippen molar-refractivity contribution in [1.29, 1.82) is 0 Å². The SMILES string of the molecule is Nc1ccc(NC2(C(F)(F)F)CC2)c(I)c1.